The molecule has 0 N–H and O–H groups in total. The SMILES string of the molecule is CCN(CC)[Si](C)(C(C)C)N(C)C. The molecular formula is C10H26N2Si. The topological polar surface area (TPSA) is 6.48 Å². The molecule has 0 aliphatic rings. The first-order valence-corrected chi connectivity index (χ1v) is 7.80. The largest absolute Gasteiger partial charge is 0.317 e. The maximum absolute atomic E-state index is 2.65. The highest BCUT2D eigenvalue weighted by Gasteiger charge is 2.39. The molecular weight excluding hydrogens is 176 g/mol. The number of rotatable bonds is 5. The van der Waals surface area contributed by atoms with Gasteiger partial charge in [0.2, 0.25) is 8.40 Å². The van der Waals surface area contributed by atoms with E-state index < -0.39 is 8.40 Å². The van der Waals surface area contributed by atoms with Crippen molar-refractivity contribution in [1.82, 2.24) is 9.13 Å². The van der Waals surface area contributed by atoms with Gasteiger partial charge < -0.3 is 9.13 Å². The third kappa shape index (κ3) is 2.54. The van der Waals surface area contributed by atoms with Crippen LogP contribution in [0, 0.1) is 0 Å². The molecule has 0 aliphatic carbocycles. The Hall–Kier alpha value is 0.137. The number of hydrogen-bond donors (Lipinski definition) is 0. The van der Waals surface area contributed by atoms with Crippen LogP contribution in [0.5, 0.6) is 0 Å². The van der Waals surface area contributed by atoms with Crippen LogP contribution in [-0.2, 0) is 0 Å². The fourth-order valence-electron chi connectivity index (χ4n) is 2.03. The second-order valence-corrected chi connectivity index (χ2v) is 9.19. The monoisotopic (exact) mass is 202 g/mol. The van der Waals surface area contributed by atoms with Crippen LogP contribution in [0.1, 0.15) is 27.7 Å². The molecule has 0 heterocycles. The van der Waals surface area contributed by atoms with Gasteiger partial charge in [0, 0.05) is 0 Å². The first kappa shape index (κ1) is 13.1. The normalized spacial score (nSPS) is 17.1. The third-order valence-electron chi connectivity index (χ3n) is 3.40. The summed E-state index contributed by atoms with van der Waals surface area (Å²) in [6.07, 6.45) is 0. The summed E-state index contributed by atoms with van der Waals surface area (Å²) in [7, 11) is 3.09. The zero-order chi connectivity index (χ0) is 10.6. The second kappa shape index (κ2) is 5.13. The molecule has 0 bridgehead atoms. The van der Waals surface area contributed by atoms with E-state index in [0.29, 0.717) is 0 Å². The molecule has 0 aliphatic heterocycles. The molecule has 13 heavy (non-hydrogen) atoms. The average Bonchev–Trinajstić information content (AvgIpc) is 2.05. The summed E-state index contributed by atoms with van der Waals surface area (Å²) in [6.45, 7) is 14.0. The quantitative estimate of drug-likeness (QED) is 0.632. The Morgan fingerprint density at radius 3 is 1.54 bits per heavy atom. The Morgan fingerprint density at radius 1 is 1.08 bits per heavy atom. The zero-order valence-electron chi connectivity index (χ0n) is 10.4. The zero-order valence-corrected chi connectivity index (χ0v) is 11.4. The molecule has 0 aromatic rings. The van der Waals surface area contributed by atoms with Gasteiger partial charge in [-0.25, -0.2) is 0 Å². The maximum atomic E-state index is 2.65. The second-order valence-electron chi connectivity index (χ2n) is 4.32. The van der Waals surface area contributed by atoms with E-state index >= 15 is 0 Å². The molecule has 3 heteroatoms. The van der Waals surface area contributed by atoms with Crippen LogP contribution in [0.3, 0.4) is 0 Å². The molecule has 1 atom stereocenters. The van der Waals surface area contributed by atoms with Gasteiger partial charge in [-0.15, -0.1) is 0 Å². The first-order valence-electron chi connectivity index (χ1n) is 5.33. The van der Waals surface area contributed by atoms with E-state index in [4.69, 9.17) is 0 Å². The number of hydrogen-bond acceptors (Lipinski definition) is 2. The van der Waals surface area contributed by atoms with Crippen LogP contribution in [0.25, 0.3) is 0 Å². The lowest BCUT2D eigenvalue weighted by atomic mass is 10.6. The predicted molar refractivity (Wildman–Crippen MR) is 63.3 cm³/mol. The minimum Gasteiger partial charge on any atom is -0.317 e. The average molecular weight is 202 g/mol. The third-order valence-corrected chi connectivity index (χ3v) is 9.31. The summed E-state index contributed by atoms with van der Waals surface area (Å²) in [5.74, 6) is 0. The van der Waals surface area contributed by atoms with Crippen molar-refractivity contribution in [2.45, 2.75) is 39.8 Å². The fourth-order valence-corrected chi connectivity index (χ4v) is 5.64. The summed E-state index contributed by atoms with van der Waals surface area (Å²) in [6, 6.07) is 0. The lowest BCUT2D eigenvalue weighted by molar-refractivity contribution is 0.389. The smallest absolute Gasteiger partial charge is 0.205 e. The molecule has 0 saturated heterocycles. The van der Waals surface area contributed by atoms with Gasteiger partial charge in [0.1, 0.15) is 0 Å². The first-order chi connectivity index (χ1) is 5.91. The fraction of sp³-hybridized carbons (Fsp3) is 1.00. The van der Waals surface area contributed by atoms with E-state index in [2.05, 4.69) is 57.5 Å². The Morgan fingerprint density at radius 2 is 1.46 bits per heavy atom. The van der Waals surface area contributed by atoms with E-state index in [0.717, 1.165) is 5.54 Å². The summed E-state index contributed by atoms with van der Waals surface area (Å²) < 4.78 is 5.11. The maximum Gasteiger partial charge on any atom is 0.205 e. The van der Waals surface area contributed by atoms with Gasteiger partial charge in [-0.05, 0) is 39.3 Å². The minimum atomic E-state index is -1.37. The van der Waals surface area contributed by atoms with Crippen molar-refractivity contribution in [3.05, 3.63) is 0 Å². The lowest BCUT2D eigenvalue weighted by Gasteiger charge is -2.46. The van der Waals surface area contributed by atoms with Gasteiger partial charge in [-0.2, -0.15) is 0 Å². The van der Waals surface area contributed by atoms with Crippen LogP contribution in [0.15, 0.2) is 0 Å². The van der Waals surface area contributed by atoms with Crippen molar-refractivity contribution < 1.29 is 0 Å². The summed E-state index contributed by atoms with van der Waals surface area (Å²) in [5.41, 5.74) is 0.780. The van der Waals surface area contributed by atoms with Crippen molar-refractivity contribution in [1.29, 1.82) is 0 Å². The van der Waals surface area contributed by atoms with Crippen LogP contribution < -0.4 is 0 Å². The minimum absolute atomic E-state index is 0.780. The highest BCUT2D eigenvalue weighted by Crippen LogP contribution is 2.25. The van der Waals surface area contributed by atoms with Crippen molar-refractivity contribution in [3.8, 4) is 0 Å². The van der Waals surface area contributed by atoms with Crippen LogP contribution in [-0.4, -0.2) is 44.7 Å². The molecule has 1 unspecified atom stereocenters. The van der Waals surface area contributed by atoms with Crippen molar-refractivity contribution >= 4 is 8.40 Å². The standard InChI is InChI=1S/C10H26N2Si/c1-8-12(9-2)13(7,10(3)4)11(5)6/h10H,8-9H2,1-7H3. The molecule has 80 valence electrons. The summed E-state index contributed by atoms with van der Waals surface area (Å²) in [4.78, 5) is 0. The van der Waals surface area contributed by atoms with E-state index in [1.165, 1.54) is 13.1 Å². The van der Waals surface area contributed by atoms with Crippen LogP contribution in [0.4, 0.5) is 0 Å². The Labute approximate surface area is 85.1 Å². The van der Waals surface area contributed by atoms with E-state index in [1.807, 2.05) is 0 Å². The lowest BCUT2D eigenvalue weighted by Crippen LogP contribution is -2.63. The van der Waals surface area contributed by atoms with Gasteiger partial charge in [-0.3, -0.25) is 0 Å². The van der Waals surface area contributed by atoms with Crippen LogP contribution >= 0.6 is 0 Å². The molecule has 0 rings (SSSR count). The predicted octanol–water partition coefficient (Wildman–Crippen LogP) is 2.37. The molecule has 0 radical (unpaired) electrons. The summed E-state index contributed by atoms with van der Waals surface area (Å²) in [5, 5.41) is 0. The Balaban J connectivity index is 4.75. The Kier molecular flexibility index (Phi) is 5.18. The highest BCUT2D eigenvalue weighted by molar-refractivity contribution is 6.74. The molecule has 0 aromatic heterocycles. The van der Waals surface area contributed by atoms with Gasteiger partial charge in [-0.1, -0.05) is 27.7 Å². The van der Waals surface area contributed by atoms with Gasteiger partial charge in [0.05, 0.1) is 0 Å². The molecule has 0 aromatic carbocycles. The van der Waals surface area contributed by atoms with Gasteiger partial charge in [0.15, 0.2) is 0 Å². The molecule has 2 nitrogen and oxygen atoms in total. The number of nitrogens with zero attached hydrogens (tertiary/aromatic N) is 2. The summed E-state index contributed by atoms with van der Waals surface area (Å²) >= 11 is 0. The van der Waals surface area contributed by atoms with Crippen LogP contribution in [0.2, 0.25) is 12.1 Å². The van der Waals surface area contributed by atoms with E-state index in [9.17, 15) is 0 Å². The molecule has 0 saturated carbocycles. The van der Waals surface area contributed by atoms with Crippen molar-refractivity contribution in [2.24, 2.45) is 0 Å². The van der Waals surface area contributed by atoms with Crippen molar-refractivity contribution in [3.63, 3.8) is 0 Å². The molecule has 0 amide bonds. The molecule has 0 fully saturated rings. The van der Waals surface area contributed by atoms with Gasteiger partial charge in [0.25, 0.3) is 0 Å². The molecule has 0 spiro atoms. The van der Waals surface area contributed by atoms with E-state index in [-0.39, 0.29) is 0 Å². The Bertz CT molecular complexity index is 134. The van der Waals surface area contributed by atoms with Gasteiger partial charge >= 0.3 is 0 Å². The van der Waals surface area contributed by atoms with E-state index in [1.54, 1.807) is 0 Å². The highest BCUT2D eigenvalue weighted by atomic mass is 28.3. The van der Waals surface area contributed by atoms with Crippen molar-refractivity contribution in [2.75, 3.05) is 27.2 Å².